The van der Waals surface area contributed by atoms with Crippen molar-refractivity contribution < 1.29 is 13.2 Å². The summed E-state index contributed by atoms with van der Waals surface area (Å²) in [5.41, 5.74) is 2.21. The Kier molecular flexibility index (Phi) is 4.61. The monoisotopic (exact) mass is 297 g/mol. The van der Waals surface area contributed by atoms with Gasteiger partial charge in [0.2, 0.25) is 15.9 Å². The molecule has 2 rings (SSSR count). The molecule has 20 heavy (non-hydrogen) atoms. The molecule has 110 valence electrons. The van der Waals surface area contributed by atoms with Crippen LogP contribution in [0.3, 0.4) is 0 Å². The number of rotatable bonds is 5. The molecule has 3 N–H and O–H groups in total. The fourth-order valence-electron chi connectivity index (χ4n) is 2.18. The molecule has 6 nitrogen and oxygen atoms in total. The number of amides is 1. The van der Waals surface area contributed by atoms with E-state index in [1.807, 2.05) is 24.3 Å². The molecule has 1 heterocycles. The summed E-state index contributed by atoms with van der Waals surface area (Å²) in [7, 11) is -3.20. The zero-order chi connectivity index (χ0) is 14.6. The maximum atomic E-state index is 12.0. The Labute approximate surface area is 119 Å². The highest BCUT2D eigenvalue weighted by Gasteiger charge is 2.23. The summed E-state index contributed by atoms with van der Waals surface area (Å²) in [4.78, 5) is 12.0. The maximum Gasteiger partial charge on any atom is 0.242 e. The van der Waals surface area contributed by atoms with Crippen molar-refractivity contribution in [3.8, 4) is 0 Å². The molecule has 1 aliphatic rings. The summed E-state index contributed by atoms with van der Waals surface area (Å²) >= 11 is 0. The predicted molar refractivity (Wildman–Crippen MR) is 78.0 cm³/mol. The van der Waals surface area contributed by atoms with Gasteiger partial charge in [-0.3, -0.25) is 4.79 Å². The first kappa shape index (κ1) is 14.8. The van der Waals surface area contributed by atoms with E-state index in [0.717, 1.165) is 24.8 Å². The topological polar surface area (TPSA) is 87.3 Å². The zero-order valence-electron chi connectivity index (χ0n) is 11.3. The van der Waals surface area contributed by atoms with E-state index in [9.17, 15) is 13.2 Å². The molecule has 0 aliphatic carbocycles. The van der Waals surface area contributed by atoms with Gasteiger partial charge in [0.15, 0.2) is 0 Å². The van der Waals surface area contributed by atoms with E-state index in [1.54, 1.807) is 0 Å². The number of para-hydroxylation sites is 1. The quantitative estimate of drug-likeness (QED) is 0.672. The van der Waals surface area contributed by atoms with E-state index in [0.29, 0.717) is 0 Å². The molecule has 1 unspecified atom stereocenters. The van der Waals surface area contributed by atoms with Crippen molar-refractivity contribution >= 4 is 21.6 Å². The van der Waals surface area contributed by atoms with Gasteiger partial charge in [-0.05, 0) is 24.5 Å². The molecular weight excluding hydrogens is 278 g/mol. The summed E-state index contributed by atoms with van der Waals surface area (Å²) in [5.74, 6) is -0.102. The van der Waals surface area contributed by atoms with Crippen molar-refractivity contribution in [3.63, 3.8) is 0 Å². The Morgan fingerprint density at radius 1 is 1.35 bits per heavy atom. The van der Waals surface area contributed by atoms with Gasteiger partial charge >= 0.3 is 0 Å². The van der Waals surface area contributed by atoms with Crippen molar-refractivity contribution in [3.05, 3.63) is 29.8 Å². The number of anilines is 1. The van der Waals surface area contributed by atoms with Crippen LogP contribution < -0.4 is 15.4 Å². The van der Waals surface area contributed by atoms with Gasteiger partial charge in [0.25, 0.3) is 0 Å². The minimum Gasteiger partial charge on any atom is -0.373 e. The Bertz CT molecular complexity index is 586. The van der Waals surface area contributed by atoms with Crippen LogP contribution in [0.1, 0.15) is 12.0 Å². The Morgan fingerprint density at radius 2 is 2.10 bits per heavy atom. The second-order valence-corrected chi connectivity index (χ2v) is 6.68. The Morgan fingerprint density at radius 3 is 2.85 bits per heavy atom. The van der Waals surface area contributed by atoms with Crippen LogP contribution in [0.15, 0.2) is 24.3 Å². The number of aryl methyl sites for hydroxylation is 1. The molecule has 7 heteroatoms. The lowest BCUT2D eigenvalue weighted by atomic mass is 9.98. The molecule has 0 bridgehead atoms. The van der Waals surface area contributed by atoms with Gasteiger partial charge in [-0.2, -0.15) is 0 Å². The summed E-state index contributed by atoms with van der Waals surface area (Å²) in [6.07, 6.45) is 2.69. The predicted octanol–water partition coefficient (Wildman–Crippen LogP) is 0.0787. The standard InChI is InChI=1S/C13H19N3O3S/c1-20(18,19)15-9-8-14-13(17)12-7-6-10-4-2-3-5-11(10)16-12/h2-5,12,15-16H,6-9H2,1H3,(H,14,17). The van der Waals surface area contributed by atoms with Gasteiger partial charge in [-0.1, -0.05) is 18.2 Å². The third-order valence-electron chi connectivity index (χ3n) is 3.15. The van der Waals surface area contributed by atoms with Crippen LogP contribution >= 0.6 is 0 Å². The number of carbonyl (C=O) groups is 1. The summed E-state index contributed by atoms with van der Waals surface area (Å²) in [6.45, 7) is 0.486. The molecule has 0 radical (unpaired) electrons. The molecule has 1 aliphatic heterocycles. The van der Waals surface area contributed by atoms with Gasteiger partial charge in [0, 0.05) is 18.8 Å². The number of sulfonamides is 1. The lowest BCUT2D eigenvalue weighted by Crippen LogP contribution is -2.44. The number of nitrogens with one attached hydrogen (secondary N) is 3. The SMILES string of the molecule is CS(=O)(=O)NCCNC(=O)C1CCc2ccccc2N1. The summed E-state index contributed by atoms with van der Waals surface area (Å²) in [6, 6.07) is 7.66. The van der Waals surface area contributed by atoms with Crippen molar-refractivity contribution in [2.45, 2.75) is 18.9 Å². The molecular formula is C13H19N3O3S. The molecule has 1 amide bonds. The molecule has 0 spiro atoms. The van der Waals surface area contributed by atoms with E-state index in [4.69, 9.17) is 0 Å². The van der Waals surface area contributed by atoms with Gasteiger partial charge in [0.1, 0.15) is 6.04 Å². The van der Waals surface area contributed by atoms with Crippen molar-refractivity contribution in [2.24, 2.45) is 0 Å². The second kappa shape index (κ2) is 6.23. The smallest absolute Gasteiger partial charge is 0.242 e. The fraction of sp³-hybridized carbons (Fsp3) is 0.462. The number of fused-ring (bicyclic) bond motifs is 1. The maximum absolute atomic E-state index is 12.0. The van der Waals surface area contributed by atoms with E-state index >= 15 is 0 Å². The first-order valence-corrected chi connectivity index (χ1v) is 8.41. The van der Waals surface area contributed by atoms with Gasteiger partial charge < -0.3 is 10.6 Å². The average molecular weight is 297 g/mol. The number of carbonyl (C=O) groups excluding carboxylic acids is 1. The van der Waals surface area contributed by atoms with Crippen LogP contribution in [0.2, 0.25) is 0 Å². The van der Waals surface area contributed by atoms with E-state index < -0.39 is 10.0 Å². The van der Waals surface area contributed by atoms with E-state index in [2.05, 4.69) is 15.4 Å². The van der Waals surface area contributed by atoms with E-state index in [-0.39, 0.29) is 25.0 Å². The van der Waals surface area contributed by atoms with Crippen LogP contribution in [0.4, 0.5) is 5.69 Å². The van der Waals surface area contributed by atoms with Gasteiger partial charge in [-0.25, -0.2) is 13.1 Å². The molecule has 0 aromatic heterocycles. The molecule has 0 saturated heterocycles. The van der Waals surface area contributed by atoms with E-state index in [1.165, 1.54) is 5.56 Å². The van der Waals surface area contributed by atoms with Crippen LogP contribution in [0.5, 0.6) is 0 Å². The average Bonchev–Trinajstić information content (AvgIpc) is 2.42. The fourth-order valence-corrected chi connectivity index (χ4v) is 2.65. The first-order valence-electron chi connectivity index (χ1n) is 6.52. The lowest BCUT2D eigenvalue weighted by Gasteiger charge is -2.26. The normalized spacial score (nSPS) is 17.9. The first-order chi connectivity index (χ1) is 9.46. The van der Waals surface area contributed by atoms with Crippen LogP contribution in [0.25, 0.3) is 0 Å². The summed E-state index contributed by atoms with van der Waals surface area (Å²) in [5, 5.41) is 5.93. The number of hydrogen-bond acceptors (Lipinski definition) is 4. The van der Waals surface area contributed by atoms with Crippen LogP contribution in [-0.4, -0.2) is 39.7 Å². The van der Waals surface area contributed by atoms with Crippen LogP contribution in [-0.2, 0) is 21.2 Å². The Balaban J connectivity index is 1.80. The summed E-state index contributed by atoms with van der Waals surface area (Å²) < 4.78 is 24.1. The molecule has 0 saturated carbocycles. The van der Waals surface area contributed by atoms with Gasteiger partial charge in [0.05, 0.1) is 6.26 Å². The highest BCUT2D eigenvalue weighted by Crippen LogP contribution is 2.24. The van der Waals surface area contributed by atoms with Crippen LogP contribution in [0, 0.1) is 0 Å². The third-order valence-corrected chi connectivity index (χ3v) is 3.88. The molecule has 1 aromatic rings. The van der Waals surface area contributed by atoms with Crippen molar-refractivity contribution in [1.29, 1.82) is 0 Å². The molecule has 0 fully saturated rings. The largest absolute Gasteiger partial charge is 0.373 e. The zero-order valence-corrected chi connectivity index (χ0v) is 12.2. The van der Waals surface area contributed by atoms with Gasteiger partial charge in [-0.15, -0.1) is 0 Å². The van der Waals surface area contributed by atoms with Crippen molar-refractivity contribution in [2.75, 3.05) is 24.7 Å². The second-order valence-electron chi connectivity index (χ2n) is 4.85. The number of benzene rings is 1. The number of hydrogen-bond donors (Lipinski definition) is 3. The molecule has 1 atom stereocenters. The highest BCUT2D eigenvalue weighted by atomic mass is 32.2. The lowest BCUT2D eigenvalue weighted by molar-refractivity contribution is -0.121. The Hall–Kier alpha value is -1.60. The minimum atomic E-state index is -3.20. The van der Waals surface area contributed by atoms with Crippen molar-refractivity contribution in [1.82, 2.24) is 10.0 Å². The third kappa shape index (κ3) is 4.21. The minimum absolute atomic E-state index is 0.102. The molecule has 1 aromatic carbocycles. The highest BCUT2D eigenvalue weighted by molar-refractivity contribution is 7.88.